The van der Waals surface area contributed by atoms with Crippen molar-refractivity contribution in [1.82, 2.24) is 9.40 Å². The van der Waals surface area contributed by atoms with E-state index in [9.17, 15) is 13.2 Å². The number of primary amides is 1. The molecule has 40 heavy (non-hydrogen) atoms. The van der Waals surface area contributed by atoms with Crippen LogP contribution >= 0.6 is 11.3 Å². The molecular formula is C27H32N4O7S2. The molecule has 1 aromatic carbocycles. The van der Waals surface area contributed by atoms with Gasteiger partial charge in [-0.3, -0.25) is 4.79 Å². The predicted octanol–water partition coefficient (Wildman–Crippen LogP) is 4.02. The summed E-state index contributed by atoms with van der Waals surface area (Å²) in [4.78, 5) is 17.8. The van der Waals surface area contributed by atoms with Gasteiger partial charge in [0, 0.05) is 25.2 Å². The number of hydrogen-bond donors (Lipinski definition) is 1. The van der Waals surface area contributed by atoms with Crippen molar-refractivity contribution in [3.8, 4) is 16.5 Å². The van der Waals surface area contributed by atoms with Crippen molar-refractivity contribution in [2.45, 2.75) is 62.7 Å². The minimum Gasteiger partial charge on any atom is -0.496 e. The first-order valence-corrected chi connectivity index (χ1v) is 15.1. The summed E-state index contributed by atoms with van der Waals surface area (Å²) >= 11 is 1.23. The Labute approximate surface area is 237 Å². The number of sulfonamides is 1. The summed E-state index contributed by atoms with van der Waals surface area (Å²) in [6, 6.07) is 7.55. The molecule has 13 heteroatoms. The largest absolute Gasteiger partial charge is 0.496 e. The number of hydrazone groups is 1. The third-order valence-corrected chi connectivity index (χ3v) is 10.6. The molecule has 0 saturated carbocycles. The van der Waals surface area contributed by atoms with Gasteiger partial charge in [0.05, 0.1) is 41.0 Å². The van der Waals surface area contributed by atoms with Crippen molar-refractivity contribution < 1.29 is 31.8 Å². The molecule has 0 unspecified atom stereocenters. The zero-order chi connectivity index (χ0) is 28.7. The lowest BCUT2D eigenvalue weighted by molar-refractivity contribution is -0.125. The summed E-state index contributed by atoms with van der Waals surface area (Å²) in [6.45, 7) is 5.76. The Bertz CT molecular complexity index is 1520. The molecule has 214 valence electrons. The van der Waals surface area contributed by atoms with Gasteiger partial charge in [0.1, 0.15) is 22.4 Å². The molecular weight excluding hydrogens is 556 g/mol. The van der Waals surface area contributed by atoms with E-state index in [0.29, 0.717) is 45.9 Å². The second-order valence-corrected chi connectivity index (χ2v) is 12.9. The van der Waals surface area contributed by atoms with Crippen LogP contribution in [-0.2, 0) is 24.3 Å². The fourth-order valence-electron chi connectivity index (χ4n) is 4.87. The van der Waals surface area contributed by atoms with E-state index >= 15 is 0 Å². The second kappa shape index (κ2) is 11.0. The number of carbonyl (C=O) groups excluding carboxylic acids is 1. The van der Waals surface area contributed by atoms with Crippen LogP contribution < -0.4 is 10.5 Å². The van der Waals surface area contributed by atoms with Gasteiger partial charge in [-0.15, -0.1) is 11.3 Å². The summed E-state index contributed by atoms with van der Waals surface area (Å²) in [5.41, 5.74) is 5.73. The van der Waals surface area contributed by atoms with Crippen LogP contribution in [0, 0.1) is 6.92 Å². The molecule has 2 aliphatic rings. The Balaban J connectivity index is 1.66. The number of amides is 1. The summed E-state index contributed by atoms with van der Waals surface area (Å²) in [5, 5.41) is 4.59. The lowest BCUT2D eigenvalue weighted by Gasteiger charge is -2.36. The highest BCUT2D eigenvalue weighted by molar-refractivity contribution is 7.89. The Morgan fingerprint density at radius 1 is 1.25 bits per heavy atom. The first kappa shape index (κ1) is 28.3. The molecule has 1 fully saturated rings. The zero-order valence-electron chi connectivity index (χ0n) is 22.7. The highest BCUT2D eigenvalue weighted by Crippen LogP contribution is 2.45. The highest BCUT2D eigenvalue weighted by atomic mass is 32.2. The van der Waals surface area contributed by atoms with Gasteiger partial charge in [0.15, 0.2) is 0 Å². The molecule has 2 N–H and O–H groups in total. The smallest absolute Gasteiger partial charge is 0.281 e. The molecule has 1 saturated heterocycles. The standard InChI is InChI=1S/C27H32N4O7S2/c1-16-22(25-29-11-14-37-25)39-23-19(30-31(27(2,3)26(28)32)40(33,34)24(16)23)15-21(38-17-9-12-36-13-10-17)18-7-5-6-8-20(18)35-4/h5-8,11,14,17,21H,9-10,12-13,15H2,1-4H3,(H2,28,32)/t21-/m0/s1. The fraction of sp³-hybridized carbons (Fsp3) is 0.444. The number of nitrogens with two attached hydrogens (primary N) is 1. The Kier molecular flexibility index (Phi) is 7.75. The van der Waals surface area contributed by atoms with Gasteiger partial charge in [-0.1, -0.05) is 18.2 Å². The maximum atomic E-state index is 14.0. The fourth-order valence-corrected chi connectivity index (χ4v) is 8.42. The van der Waals surface area contributed by atoms with Crippen LogP contribution in [0.4, 0.5) is 0 Å². The van der Waals surface area contributed by atoms with Gasteiger partial charge in [0.25, 0.3) is 10.0 Å². The van der Waals surface area contributed by atoms with Crippen LogP contribution in [0.15, 0.2) is 51.1 Å². The molecule has 1 amide bonds. The van der Waals surface area contributed by atoms with Crippen LogP contribution in [-0.4, -0.2) is 61.4 Å². The number of oxazole rings is 1. The molecule has 5 rings (SSSR count). The maximum absolute atomic E-state index is 14.0. The van der Waals surface area contributed by atoms with Crippen molar-refractivity contribution in [1.29, 1.82) is 0 Å². The normalized spacial score (nSPS) is 18.2. The number of carbonyl (C=O) groups is 1. The molecule has 0 bridgehead atoms. The number of para-hydroxylation sites is 1. The van der Waals surface area contributed by atoms with Crippen LogP contribution in [0.5, 0.6) is 5.75 Å². The summed E-state index contributed by atoms with van der Waals surface area (Å²) in [7, 11) is -2.66. The SMILES string of the molecule is COc1ccccc1[C@H](CC1=NN(C(C)(C)C(N)=O)S(=O)(=O)c2c1sc(-c1ncco1)c2C)OC1CCOCC1. The van der Waals surface area contributed by atoms with Gasteiger partial charge >= 0.3 is 0 Å². The topological polar surface area (TPSA) is 147 Å². The van der Waals surface area contributed by atoms with E-state index in [0.717, 1.165) is 22.8 Å². The number of thiophene rings is 1. The van der Waals surface area contributed by atoms with Crippen molar-refractivity contribution >= 4 is 33.0 Å². The van der Waals surface area contributed by atoms with E-state index in [-0.39, 0.29) is 17.4 Å². The average Bonchev–Trinajstić information content (AvgIpc) is 3.58. The maximum Gasteiger partial charge on any atom is 0.281 e. The Morgan fingerprint density at radius 3 is 2.62 bits per heavy atom. The van der Waals surface area contributed by atoms with Gasteiger partial charge in [-0.25, -0.2) is 4.98 Å². The van der Waals surface area contributed by atoms with Gasteiger partial charge in [-0.05, 0) is 45.2 Å². The lowest BCUT2D eigenvalue weighted by Crippen LogP contribution is -2.54. The number of nitrogens with zero attached hydrogens (tertiary/aromatic N) is 3. The first-order chi connectivity index (χ1) is 19.1. The number of methoxy groups -OCH3 is 1. The monoisotopic (exact) mass is 588 g/mol. The third kappa shape index (κ3) is 5.02. The van der Waals surface area contributed by atoms with Crippen molar-refractivity contribution in [3.63, 3.8) is 0 Å². The second-order valence-electron chi connectivity index (χ2n) is 10.2. The van der Waals surface area contributed by atoms with E-state index in [2.05, 4.69) is 10.1 Å². The van der Waals surface area contributed by atoms with Gasteiger partial charge in [-0.2, -0.15) is 17.9 Å². The lowest BCUT2D eigenvalue weighted by atomic mass is 10.00. The van der Waals surface area contributed by atoms with Crippen LogP contribution in [0.3, 0.4) is 0 Å². The first-order valence-electron chi connectivity index (χ1n) is 12.9. The number of ether oxygens (including phenoxy) is 3. The number of hydrogen-bond acceptors (Lipinski definition) is 10. The number of rotatable bonds is 9. The number of benzene rings is 1. The molecule has 4 heterocycles. The van der Waals surface area contributed by atoms with E-state index in [1.807, 2.05) is 24.3 Å². The molecule has 0 radical (unpaired) electrons. The third-order valence-electron chi connectivity index (χ3n) is 7.15. The van der Waals surface area contributed by atoms with Crippen molar-refractivity contribution in [3.05, 3.63) is 52.7 Å². The van der Waals surface area contributed by atoms with Crippen LogP contribution in [0.2, 0.25) is 0 Å². The van der Waals surface area contributed by atoms with Crippen LogP contribution in [0.1, 0.15) is 55.2 Å². The van der Waals surface area contributed by atoms with Crippen molar-refractivity contribution in [2.75, 3.05) is 20.3 Å². The zero-order valence-corrected chi connectivity index (χ0v) is 24.4. The molecule has 0 spiro atoms. The van der Waals surface area contributed by atoms with E-state index < -0.39 is 27.6 Å². The minimum atomic E-state index is -4.26. The molecule has 1 atom stereocenters. The highest BCUT2D eigenvalue weighted by Gasteiger charge is 2.47. The molecule has 0 aliphatic carbocycles. The molecule has 2 aliphatic heterocycles. The predicted molar refractivity (Wildman–Crippen MR) is 149 cm³/mol. The van der Waals surface area contributed by atoms with Gasteiger partial charge < -0.3 is 24.4 Å². The average molecular weight is 589 g/mol. The molecule has 11 nitrogen and oxygen atoms in total. The quantitative estimate of drug-likeness (QED) is 0.394. The molecule has 2 aromatic heterocycles. The van der Waals surface area contributed by atoms with E-state index in [4.69, 9.17) is 24.4 Å². The molecule has 3 aromatic rings. The summed E-state index contributed by atoms with van der Waals surface area (Å²) in [6.07, 6.45) is 3.99. The van der Waals surface area contributed by atoms with Gasteiger partial charge in [0.2, 0.25) is 11.8 Å². The van der Waals surface area contributed by atoms with Crippen LogP contribution in [0.25, 0.3) is 10.8 Å². The van der Waals surface area contributed by atoms with E-state index in [1.165, 1.54) is 37.6 Å². The van der Waals surface area contributed by atoms with E-state index in [1.54, 1.807) is 14.0 Å². The Hall–Kier alpha value is -3.26. The summed E-state index contributed by atoms with van der Waals surface area (Å²) in [5.74, 6) is 0.107. The summed E-state index contributed by atoms with van der Waals surface area (Å²) < 4.78 is 52.1. The minimum absolute atomic E-state index is 0.0508. The number of aromatic nitrogens is 1. The Morgan fingerprint density at radius 2 is 1.98 bits per heavy atom. The number of fused-ring (bicyclic) bond motifs is 1. The van der Waals surface area contributed by atoms with Crippen molar-refractivity contribution in [2.24, 2.45) is 10.8 Å².